The third-order valence-corrected chi connectivity index (χ3v) is 5.64. The Morgan fingerprint density at radius 3 is 2.23 bits per heavy atom. The molecular formula is C26H31N3O2. The summed E-state index contributed by atoms with van der Waals surface area (Å²) >= 11 is 0. The Morgan fingerprint density at radius 1 is 0.871 bits per heavy atom. The van der Waals surface area contributed by atoms with Crippen LogP contribution in [0.4, 0.5) is 0 Å². The van der Waals surface area contributed by atoms with E-state index in [1.54, 1.807) is 19.0 Å². The number of hydrogen-bond acceptors (Lipinski definition) is 3. The Morgan fingerprint density at radius 2 is 1.55 bits per heavy atom. The van der Waals surface area contributed by atoms with E-state index < -0.39 is 12.1 Å². The van der Waals surface area contributed by atoms with Crippen LogP contribution in [0.25, 0.3) is 10.8 Å². The summed E-state index contributed by atoms with van der Waals surface area (Å²) in [6.07, 6.45) is 1.03. The van der Waals surface area contributed by atoms with Gasteiger partial charge < -0.3 is 15.5 Å². The Labute approximate surface area is 184 Å². The molecule has 5 nitrogen and oxygen atoms in total. The minimum atomic E-state index is -0.567. The molecule has 0 unspecified atom stereocenters. The fourth-order valence-electron chi connectivity index (χ4n) is 3.85. The van der Waals surface area contributed by atoms with Crippen molar-refractivity contribution in [3.63, 3.8) is 0 Å². The number of rotatable bonds is 9. The van der Waals surface area contributed by atoms with E-state index >= 15 is 0 Å². The third-order valence-electron chi connectivity index (χ3n) is 5.64. The van der Waals surface area contributed by atoms with Crippen molar-refractivity contribution in [2.75, 3.05) is 20.6 Å². The van der Waals surface area contributed by atoms with Crippen LogP contribution in [0.5, 0.6) is 0 Å². The highest BCUT2D eigenvalue weighted by Crippen LogP contribution is 2.18. The lowest BCUT2D eigenvalue weighted by Gasteiger charge is -2.30. The number of fused-ring (bicyclic) bond motifs is 1. The first-order valence-corrected chi connectivity index (χ1v) is 10.8. The first-order chi connectivity index (χ1) is 15.0. The number of benzene rings is 3. The molecule has 0 fully saturated rings. The van der Waals surface area contributed by atoms with Gasteiger partial charge >= 0.3 is 0 Å². The molecule has 3 rings (SSSR count). The Balaban J connectivity index is 1.78. The van der Waals surface area contributed by atoms with Crippen LogP contribution in [0.2, 0.25) is 0 Å². The van der Waals surface area contributed by atoms with Crippen molar-refractivity contribution in [3.05, 3.63) is 83.9 Å². The van der Waals surface area contributed by atoms with E-state index in [1.165, 1.54) is 5.39 Å². The van der Waals surface area contributed by atoms with E-state index in [1.807, 2.05) is 49.4 Å². The molecule has 0 bridgehead atoms. The number of carbonyl (C=O) groups excluding carboxylic acids is 2. The molecule has 3 aromatic rings. The second-order valence-corrected chi connectivity index (χ2v) is 7.78. The zero-order chi connectivity index (χ0) is 22.2. The lowest BCUT2D eigenvalue weighted by molar-refractivity contribution is -0.140. The van der Waals surface area contributed by atoms with Crippen molar-refractivity contribution in [1.82, 2.24) is 15.5 Å². The van der Waals surface area contributed by atoms with Crippen LogP contribution in [-0.2, 0) is 22.4 Å². The first kappa shape index (κ1) is 22.5. The molecule has 162 valence electrons. The molecule has 0 radical (unpaired) electrons. The summed E-state index contributed by atoms with van der Waals surface area (Å²) in [5, 5.41) is 8.35. The molecule has 5 heteroatoms. The van der Waals surface area contributed by atoms with Gasteiger partial charge in [0.05, 0.1) is 6.04 Å². The van der Waals surface area contributed by atoms with Crippen molar-refractivity contribution < 1.29 is 9.59 Å². The molecule has 0 aliphatic heterocycles. The van der Waals surface area contributed by atoms with E-state index in [0.29, 0.717) is 19.4 Å². The maximum atomic E-state index is 13.4. The molecule has 2 N–H and O–H groups in total. The summed E-state index contributed by atoms with van der Waals surface area (Å²) in [5.74, 6) is -0.231. The number of hydrogen-bond donors (Lipinski definition) is 2. The third kappa shape index (κ3) is 5.70. The highest BCUT2D eigenvalue weighted by molar-refractivity contribution is 5.90. The number of nitrogens with zero attached hydrogens (tertiary/aromatic N) is 1. The molecule has 31 heavy (non-hydrogen) atoms. The summed E-state index contributed by atoms with van der Waals surface area (Å²) in [5.41, 5.74) is 2.10. The normalized spacial score (nSPS) is 12.9. The van der Waals surface area contributed by atoms with E-state index in [2.05, 4.69) is 41.0 Å². The van der Waals surface area contributed by atoms with Crippen molar-refractivity contribution >= 4 is 22.6 Å². The maximum absolute atomic E-state index is 13.4. The van der Waals surface area contributed by atoms with E-state index in [-0.39, 0.29) is 11.8 Å². The first-order valence-electron chi connectivity index (χ1n) is 10.8. The van der Waals surface area contributed by atoms with Crippen molar-refractivity contribution in [3.8, 4) is 0 Å². The van der Waals surface area contributed by atoms with Gasteiger partial charge in [0, 0.05) is 20.0 Å². The molecule has 0 saturated heterocycles. The van der Waals surface area contributed by atoms with Gasteiger partial charge in [0.1, 0.15) is 6.04 Å². The van der Waals surface area contributed by atoms with E-state index in [4.69, 9.17) is 0 Å². The van der Waals surface area contributed by atoms with Gasteiger partial charge in [0.25, 0.3) is 0 Å². The summed E-state index contributed by atoms with van der Waals surface area (Å²) in [6, 6.07) is 23.3. The van der Waals surface area contributed by atoms with Gasteiger partial charge in [0.15, 0.2) is 0 Å². The standard InChI is InChI=1S/C26H31N3O2/c1-4-28-25(30)24(18-19-10-6-5-7-11-19)29(3)26(31)23(27-2)17-20-14-15-21-12-8-9-13-22(21)16-20/h5-16,23-24,27H,4,17-18H2,1-3H3,(H,28,30)/t23-,24-/m1/s1. The Kier molecular flexibility index (Phi) is 7.79. The average Bonchev–Trinajstić information content (AvgIpc) is 2.80. The minimum absolute atomic E-state index is 0.0946. The highest BCUT2D eigenvalue weighted by Gasteiger charge is 2.30. The second kappa shape index (κ2) is 10.7. The van der Waals surface area contributed by atoms with Crippen LogP contribution in [0, 0.1) is 0 Å². The fraction of sp³-hybridized carbons (Fsp3) is 0.308. The van der Waals surface area contributed by atoms with E-state index in [0.717, 1.165) is 16.5 Å². The van der Waals surface area contributed by atoms with Gasteiger partial charge in [-0.3, -0.25) is 9.59 Å². The highest BCUT2D eigenvalue weighted by atomic mass is 16.2. The number of carbonyl (C=O) groups is 2. The van der Waals surface area contributed by atoms with Crippen molar-refractivity contribution in [2.24, 2.45) is 0 Å². The molecule has 0 heterocycles. The smallest absolute Gasteiger partial charge is 0.243 e. The molecular weight excluding hydrogens is 386 g/mol. The van der Waals surface area contributed by atoms with Gasteiger partial charge in [-0.1, -0.05) is 72.8 Å². The van der Waals surface area contributed by atoms with Gasteiger partial charge in [-0.2, -0.15) is 0 Å². The van der Waals surface area contributed by atoms with Gasteiger partial charge in [0.2, 0.25) is 11.8 Å². The number of nitrogens with one attached hydrogen (secondary N) is 2. The molecule has 2 amide bonds. The van der Waals surface area contributed by atoms with E-state index in [9.17, 15) is 9.59 Å². The molecule has 0 spiro atoms. The zero-order valence-corrected chi connectivity index (χ0v) is 18.5. The van der Waals surface area contributed by atoms with Crippen LogP contribution in [0.1, 0.15) is 18.1 Å². The van der Waals surface area contributed by atoms with Crippen LogP contribution in [0.3, 0.4) is 0 Å². The van der Waals surface area contributed by atoms with Gasteiger partial charge in [-0.15, -0.1) is 0 Å². The van der Waals surface area contributed by atoms with Gasteiger partial charge in [-0.25, -0.2) is 0 Å². The lowest BCUT2D eigenvalue weighted by Crippen LogP contribution is -2.54. The predicted molar refractivity (Wildman–Crippen MR) is 126 cm³/mol. The molecule has 0 aromatic heterocycles. The average molecular weight is 418 g/mol. The molecule has 3 aromatic carbocycles. The van der Waals surface area contributed by atoms with Crippen LogP contribution in [-0.4, -0.2) is 49.4 Å². The Bertz CT molecular complexity index is 1020. The summed E-state index contributed by atoms with van der Waals surface area (Å²) < 4.78 is 0. The summed E-state index contributed by atoms with van der Waals surface area (Å²) in [7, 11) is 3.51. The molecule has 0 aliphatic carbocycles. The van der Waals surface area contributed by atoms with Gasteiger partial charge in [-0.05, 0) is 42.3 Å². The molecule has 0 saturated carbocycles. The van der Waals surface area contributed by atoms with Crippen molar-refractivity contribution in [1.29, 1.82) is 0 Å². The monoisotopic (exact) mass is 417 g/mol. The van der Waals surface area contributed by atoms with Crippen LogP contribution in [0.15, 0.2) is 72.8 Å². The number of likely N-dealkylation sites (N-methyl/N-ethyl adjacent to an activating group) is 3. The predicted octanol–water partition coefficient (Wildman–Crippen LogP) is 3.18. The summed E-state index contributed by atoms with van der Waals surface area (Å²) in [4.78, 5) is 27.7. The number of amides is 2. The molecule has 0 aliphatic rings. The van der Waals surface area contributed by atoms with Crippen molar-refractivity contribution in [2.45, 2.75) is 31.8 Å². The summed E-state index contributed by atoms with van der Waals surface area (Å²) in [6.45, 7) is 2.41. The SMILES string of the molecule is CCNC(=O)[C@@H](Cc1ccccc1)N(C)C(=O)[C@@H](Cc1ccc2ccccc2c1)NC. The molecule has 2 atom stereocenters. The maximum Gasteiger partial charge on any atom is 0.243 e. The minimum Gasteiger partial charge on any atom is -0.355 e. The van der Waals surface area contributed by atoms with Crippen LogP contribution >= 0.6 is 0 Å². The quantitative estimate of drug-likeness (QED) is 0.562. The largest absolute Gasteiger partial charge is 0.355 e. The lowest BCUT2D eigenvalue weighted by atomic mass is 9.99. The topological polar surface area (TPSA) is 61.4 Å². The zero-order valence-electron chi connectivity index (χ0n) is 18.5. The van der Waals surface area contributed by atoms with Crippen LogP contribution < -0.4 is 10.6 Å². The second-order valence-electron chi connectivity index (χ2n) is 7.78. The fourth-order valence-corrected chi connectivity index (χ4v) is 3.85. The Hall–Kier alpha value is -3.18.